The van der Waals surface area contributed by atoms with Crippen molar-refractivity contribution in [3.63, 3.8) is 0 Å². The number of hydrogen-bond donors (Lipinski definition) is 1. The summed E-state index contributed by atoms with van der Waals surface area (Å²) in [7, 11) is 0. The number of aromatic nitrogens is 1. The molecule has 0 spiro atoms. The zero-order valence-corrected chi connectivity index (χ0v) is 16.7. The molecule has 2 heterocycles. The summed E-state index contributed by atoms with van der Waals surface area (Å²) in [5.41, 5.74) is 1.05. The molecule has 1 aromatic heterocycles. The first-order chi connectivity index (χ1) is 14.1. The number of carbonyl (C=O) groups is 3. The maximum absolute atomic E-state index is 12.7. The van der Waals surface area contributed by atoms with Crippen molar-refractivity contribution in [3.8, 4) is 0 Å². The van der Waals surface area contributed by atoms with Crippen LogP contribution in [-0.4, -0.2) is 73.1 Å². The molecule has 0 atom stereocenters. The first-order valence-electron chi connectivity index (χ1n) is 9.95. The second-order valence-electron chi connectivity index (χ2n) is 6.82. The number of rotatable bonds is 9. The largest absolute Gasteiger partial charge is 0.382 e. The molecule has 1 aliphatic rings. The number of ketones is 1. The summed E-state index contributed by atoms with van der Waals surface area (Å²) in [6.07, 6.45) is 2.24. The van der Waals surface area contributed by atoms with E-state index in [9.17, 15) is 14.4 Å². The van der Waals surface area contributed by atoms with Gasteiger partial charge in [-0.05, 0) is 19.4 Å². The van der Waals surface area contributed by atoms with Crippen LogP contribution >= 0.6 is 0 Å². The van der Waals surface area contributed by atoms with Crippen LogP contribution in [0, 0.1) is 0 Å². The molecule has 3 rings (SSSR count). The van der Waals surface area contributed by atoms with Crippen LogP contribution in [-0.2, 0) is 25.6 Å². The Morgan fingerprint density at radius 2 is 1.93 bits per heavy atom. The number of Topliss-reactive ketones (excluding diaryl/α,β-unsaturated/α-hetero) is 1. The van der Waals surface area contributed by atoms with Gasteiger partial charge >= 0.3 is 0 Å². The first kappa shape index (κ1) is 21.0. The lowest BCUT2D eigenvalue weighted by atomic mass is 10.1. The van der Waals surface area contributed by atoms with Gasteiger partial charge in [-0.15, -0.1) is 0 Å². The van der Waals surface area contributed by atoms with Crippen LogP contribution in [0.15, 0.2) is 30.5 Å². The number of morpholine rings is 1. The number of carbonyl (C=O) groups excluding carboxylic acids is 3. The van der Waals surface area contributed by atoms with E-state index in [0.717, 1.165) is 5.52 Å². The van der Waals surface area contributed by atoms with Crippen molar-refractivity contribution in [2.45, 2.75) is 19.9 Å². The Kier molecular flexibility index (Phi) is 7.37. The molecule has 0 bridgehead atoms. The molecule has 8 nitrogen and oxygen atoms in total. The van der Waals surface area contributed by atoms with Crippen molar-refractivity contribution in [2.75, 3.05) is 46.1 Å². The molecule has 0 saturated carbocycles. The molecule has 1 N–H and O–H groups in total. The molecule has 1 aromatic carbocycles. The van der Waals surface area contributed by atoms with Gasteiger partial charge in [0.15, 0.2) is 0 Å². The lowest BCUT2D eigenvalue weighted by molar-refractivity contribution is -0.135. The number of para-hydroxylation sites is 1. The fraction of sp³-hybridized carbons (Fsp3) is 0.476. The predicted molar refractivity (Wildman–Crippen MR) is 108 cm³/mol. The lowest BCUT2D eigenvalue weighted by Gasteiger charge is -2.27. The van der Waals surface area contributed by atoms with E-state index in [1.54, 1.807) is 21.7 Å². The Bertz CT molecular complexity index is 870. The molecular weight excluding hydrogens is 374 g/mol. The second kappa shape index (κ2) is 10.2. The van der Waals surface area contributed by atoms with Gasteiger partial charge in [-0.2, -0.15) is 0 Å². The average molecular weight is 401 g/mol. The number of fused-ring (bicyclic) bond motifs is 1. The van der Waals surface area contributed by atoms with E-state index in [4.69, 9.17) is 9.47 Å². The third-order valence-corrected chi connectivity index (χ3v) is 4.86. The molecule has 8 heteroatoms. The number of nitrogens with zero attached hydrogens (tertiary/aromatic N) is 2. The van der Waals surface area contributed by atoms with Gasteiger partial charge in [0, 0.05) is 49.9 Å². The summed E-state index contributed by atoms with van der Waals surface area (Å²) < 4.78 is 12.3. The molecule has 0 unspecified atom stereocenters. The molecule has 2 amide bonds. The van der Waals surface area contributed by atoms with Crippen LogP contribution in [0.25, 0.3) is 10.9 Å². The SMILES string of the molecule is CCOCCCNC(=O)C(=O)c1cn(CC(=O)N2CCOCC2)c2ccccc12. The van der Waals surface area contributed by atoms with Crippen LogP contribution in [0.1, 0.15) is 23.7 Å². The van der Waals surface area contributed by atoms with Crippen molar-refractivity contribution in [3.05, 3.63) is 36.0 Å². The minimum absolute atomic E-state index is 0.0339. The lowest BCUT2D eigenvalue weighted by Crippen LogP contribution is -2.42. The van der Waals surface area contributed by atoms with Crippen molar-refractivity contribution < 1.29 is 23.9 Å². The smallest absolute Gasteiger partial charge is 0.292 e. The van der Waals surface area contributed by atoms with Crippen LogP contribution in [0.2, 0.25) is 0 Å². The van der Waals surface area contributed by atoms with E-state index >= 15 is 0 Å². The van der Waals surface area contributed by atoms with Crippen molar-refractivity contribution in [1.29, 1.82) is 0 Å². The molecule has 2 aromatic rings. The summed E-state index contributed by atoms with van der Waals surface area (Å²) in [4.78, 5) is 39.4. The minimum Gasteiger partial charge on any atom is -0.382 e. The Hall–Kier alpha value is -2.71. The molecule has 156 valence electrons. The van der Waals surface area contributed by atoms with Gasteiger partial charge in [0.05, 0.1) is 18.8 Å². The Morgan fingerprint density at radius 3 is 2.69 bits per heavy atom. The number of nitrogens with one attached hydrogen (secondary N) is 1. The van der Waals surface area contributed by atoms with E-state index in [0.29, 0.717) is 63.4 Å². The van der Waals surface area contributed by atoms with Crippen molar-refractivity contribution in [2.24, 2.45) is 0 Å². The topological polar surface area (TPSA) is 89.9 Å². The Labute approximate surface area is 169 Å². The van der Waals surface area contributed by atoms with Crippen LogP contribution in [0.5, 0.6) is 0 Å². The van der Waals surface area contributed by atoms with Gasteiger partial charge in [0.1, 0.15) is 6.54 Å². The molecule has 1 saturated heterocycles. The highest BCUT2D eigenvalue weighted by molar-refractivity contribution is 6.45. The molecule has 0 radical (unpaired) electrons. The van der Waals surface area contributed by atoms with E-state index in [1.165, 1.54) is 0 Å². The van der Waals surface area contributed by atoms with Gasteiger partial charge in [0.25, 0.3) is 11.7 Å². The molecule has 0 aliphatic carbocycles. The van der Waals surface area contributed by atoms with Gasteiger partial charge < -0.3 is 24.3 Å². The van der Waals surface area contributed by atoms with Crippen LogP contribution in [0.4, 0.5) is 0 Å². The quantitative estimate of drug-likeness (QED) is 0.388. The molecule has 29 heavy (non-hydrogen) atoms. The number of ether oxygens (including phenoxy) is 2. The van der Waals surface area contributed by atoms with Crippen LogP contribution in [0.3, 0.4) is 0 Å². The Morgan fingerprint density at radius 1 is 1.17 bits per heavy atom. The van der Waals surface area contributed by atoms with Crippen molar-refractivity contribution >= 4 is 28.5 Å². The zero-order chi connectivity index (χ0) is 20.6. The Balaban J connectivity index is 1.72. The first-order valence-corrected chi connectivity index (χ1v) is 9.95. The molecule has 1 aliphatic heterocycles. The minimum atomic E-state index is -0.649. The summed E-state index contributed by atoms with van der Waals surface area (Å²) in [6, 6.07) is 7.30. The summed E-state index contributed by atoms with van der Waals surface area (Å²) >= 11 is 0. The van der Waals surface area contributed by atoms with Crippen LogP contribution < -0.4 is 5.32 Å². The van der Waals surface area contributed by atoms with Gasteiger partial charge in [0.2, 0.25) is 5.91 Å². The summed E-state index contributed by atoms with van der Waals surface area (Å²) in [5, 5.41) is 3.30. The summed E-state index contributed by atoms with van der Waals surface area (Å²) in [5.74, 6) is -1.28. The monoisotopic (exact) mass is 401 g/mol. The maximum atomic E-state index is 12.7. The summed E-state index contributed by atoms with van der Waals surface area (Å²) in [6.45, 7) is 5.74. The number of hydrogen-bond acceptors (Lipinski definition) is 5. The fourth-order valence-electron chi connectivity index (χ4n) is 3.34. The second-order valence-corrected chi connectivity index (χ2v) is 6.82. The molecular formula is C21H27N3O5. The number of benzene rings is 1. The third kappa shape index (κ3) is 5.21. The van der Waals surface area contributed by atoms with E-state index in [1.807, 2.05) is 25.1 Å². The molecule has 1 fully saturated rings. The highest BCUT2D eigenvalue weighted by Gasteiger charge is 2.23. The van der Waals surface area contributed by atoms with Gasteiger partial charge in [-0.25, -0.2) is 0 Å². The normalized spacial score (nSPS) is 14.2. The standard InChI is InChI=1S/C21H27N3O5/c1-2-28-11-5-8-22-21(27)20(26)17-14-24(18-7-4-3-6-16(17)18)15-19(25)23-9-12-29-13-10-23/h3-4,6-7,14H,2,5,8-13,15H2,1H3,(H,22,27). The van der Waals surface area contributed by atoms with Gasteiger partial charge in [-0.1, -0.05) is 18.2 Å². The van der Waals surface area contributed by atoms with E-state index in [2.05, 4.69) is 5.32 Å². The van der Waals surface area contributed by atoms with Crippen molar-refractivity contribution in [1.82, 2.24) is 14.8 Å². The highest BCUT2D eigenvalue weighted by atomic mass is 16.5. The predicted octanol–water partition coefficient (Wildman–Crippen LogP) is 1.23. The maximum Gasteiger partial charge on any atom is 0.292 e. The van der Waals surface area contributed by atoms with E-state index in [-0.39, 0.29) is 12.5 Å². The van der Waals surface area contributed by atoms with Gasteiger partial charge in [-0.3, -0.25) is 14.4 Å². The average Bonchev–Trinajstić information content (AvgIpc) is 3.12. The highest BCUT2D eigenvalue weighted by Crippen LogP contribution is 2.22. The third-order valence-electron chi connectivity index (χ3n) is 4.86. The number of amides is 2. The van der Waals surface area contributed by atoms with E-state index < -0.39 is 11.7 Å². The fourth-order valence-corrected chi connectivity index (χ4v) is 3.34. The zero-order valence-electron chi connectivity index (χ0n) is 16.7.